The lowest BCUT2D eigenvalue weighted by Crippen LogP contribution is -2.13. The third-order valence-electron chi connectivity index (χ3n) is 4.37. The van der Waals surface area contributed by atoms with Crippen molar-refractivity contribution in [2.45, 2.75) is 96.8 Å². The van der Waals surface area contributed by atoms with E-state index < -0.39 is 17.9 Å². The number of carbonyl (C=O) groups is 2. The highest BCUT2D eigenvalue weighted by molar-refractivity contribution is 5.70. The van der Waals surface area contributed by atoms with Gasteiger partial charge in [0.15, 0.2) is 0 Å². The summed E-state index contributed by atoms with van der Waals surface area (Å²) in [7, 11) is 0. The van der Waals surface area contributed by atoms with E-state index in [9.17, 15) is 9.59 Å². The van der Waals surface area contributed by atoms with Crippen LogP contribution in [0.3, 0.4) is 0 Å². The molecule has 4 nitrogen and oxygen atoms in total. The zero-order valence-electron chi connectivity index (χ0n) is 15.3. The lowest BCUT2D eigenvalue weighted by Gasteiger charge is -2.09. The number of aliphatic carboxylic acids is 2. The van der Waals surface area contributed by atoms with Crippen LogP contribution in [0.15, 0.2) is 12.2 Å². The molecule has 0 aromatic rings. The molecule has 140 valence electrons. The van der Waals surface area contributed by atoms with Crippen LogP contribution in [0.4, 0.5) is 0 Å². The van der Waals surface area contributed by atoms with Gasteiger partial charge in [0.1, 0.15) is 0 Å². The second-order valence-corrected chi connectivity index (χ2v) is 6.63. The van der Waals surface area contributed by atoms with Crippen molar-refractivity contribution in [1.82, 2.24) is 0 Å². The van der Waals surface area contributed by atoms with Crippen molar-refractivity contribution in [3.8, 4) is 0 Å². The van der Waals surface area contributed by atoms with Gasteiger partial charge in [-0.1, -0.05) is 64.0 Å². The van der Waals surface area contributed by atoms with Crippen LogP contribution in [0.5, 0.6) is 0 Å². The summed E-state index contributed by atoms with van der Waals surface area (Å²) in [6.45, 7) is 2.24. The molecule has 0 rings (SSSR count). The number of hydrogen-bond acceptors (Lipinski definition) is 2. The Morgan fingerprint density at radius 3 is 1.96 bits per heavy atom. The lowest BCUT2D eigenvalue weighted by atomic mass is 9.96. The Labute approximate surface area is 147 Å². The summed E-state index contributed by atoms with van der Waals surface area (Å²) in [5.41, 5.74) is 0. The Hall–Kier alpha value is -1.32. The monoisotopic (exact) mass is 340 g/mol. The number of unbranched alkanes of at least 4 members (excludes halogenated alkanes) is 8. The Morgan fingerprint density at radius 1 is 0.792 bits per heavy atom. The topological polar surface area (TPSA) is 74.6 Å². The quantitative estimate of drug-likeness (QED) is 0.259. The third kappa shape index (κ3) is 15.6. The van der Waals surface area contributed by atoms with Gasteiger partial charge in [0.25, 0.3) is 0 Å². The SMILES string of the molecule is CCCCCCCCCCC=CCCC(CCCC(=O)O)C(=O)O. The number of carboxylic acid groups (broad SMARTS) is 2. The summed E-state index contributed by atoms with van der Waals surface area (Å²) in [4.78, 5) is 21.6. The van der Waals surface area contributed by atoms with E-state index in [-0.39, 0.29) is 6.42 Å². The molecule has 2 N–H and O–H groups in total. The molecule has 0 spiro atoms. The Bertz CT molecular complexity index is 350. The second-order valence-electron chi connectivity index (χ2n) is 6.63. The van der Waals surface area contributed by atoms with Crippen molar-refractivity contribution in [1.29, 1.82) is 0 Å². The molecule has 0 aromatic carbocycles. The Morgan fingerprint density at radius 2 is 1.38 bits per heavy atom. The number of allylic oxidation sites excluding steroid dienone is 2. The fourth-order valence-corrected chi connectivity index (χ4v) is 2.82. The molecular weight excluding hydrogens is 304 g/mol. The second kappa shape index (κ2) is 16.5. The summed E-state index contributed by atoms with van der Waals surface area (Å²) in [5.74, 6) is -2.08. The molecule has 4 heteroatoms. The Kier molecular flexibility index (Phi) is 15.6. The van der Waals surface area contributed by atoms with E-state index in [1.165, 1.54) is 51.4 Å². The van der Waals surface area contributed by atoms with Crippen molar-refractivity contribution in [3.05, 3.63) is 12.2 Å². The first-order chi connectivity index (χ1) is 11.6. The van der Waals surface area contributed by atoms with Crippen LogP contribution < -0.4 is 0 Å². The van der Waals surface area contributed by atoms with E-state index in [1.54, 1.807) is 0 Å². The summed E-state index contributed by atoms with van der Waals surface area (Å²) in [5, 5.41) is 17.7. The van der Waals surface area contributed by atoms with Gasteiger partial charge < -0.3 is 10.2 Å². The summed E-state index contributed by atoms with van der Waals surface area (Å²) in [6.07, 6.45) is 18.2. The maximum absolute atomic E-state index is 11.1. The normalized spacial score (nSPS) is 12.5. The van der Waals surface area contributed by atoms with Gasteiger partial charge >= 0.3 is 11.9 Å². The standard InChI is InChI=1S/C20H36O4/c1-2-3-4-5-6-7-8-9-10-11-12-13-15-18(20(23)24)16-14-17-19(21)22/h11-12,18H,2-10,13-17H2,1H3,(H,21,22)(H,23,24). The van der Waals surface area contributed by atoms with Crippen molar-refractivity contribution in [3.63, 3.8) is 0 Å². The summed E-state index contributed by atoms with van der Waals surface area (Å²) in [6, 6.07) is 0. The van der Waals surface area contributed by atoms with E-state index in [4.69, 9.17) is 10.2 Å². The highest BCUT2D eigenvalue weighted by Crippen LogP contribution is 2.16. The Balaban J connectivity index is 3.56. The number of rotatable bonds is 17. The highest BCUT2D eigenvalue weighted by atomic mass is 16.4. The predicted molar refractivity (Wildman–Crippen MR) is 98.2 cm³/mol. The zero-order chi connectivity index (χ0) is 18.0. The number of carboxylic acids is 2. The van der Waals surface area contributed by atoms with Gasteiger partial charge in [0.05, 0.1) is 5.92 Å². The smallest absolute Gasteiger partial charge is 0.306 e. The van der Waals surface area contributed by atoms with E-state index in [1.807, 2.05) is 0 Å². The minimum Gasteiger partial charge on any atom is -0.481 e. The van der Waals surface area contributed by atoms with E-state index in [0.29, 0.717) is 19.3 Å². The van der Waals surface area contributed by atoms with E-state index in [0.717, 1.165) is 12.8 Å². The first-order valence-electron chi connectivity index (χ1n) is 9.67. The average Bonchev–Trinajstić information content (AvgIpc) is 2.53. The first kappa shape index (κ1) is 22.7. The first-order valence-corrected chi connectivity index (χ1v) is 9.67. The summed E-state index contributed by atoms with van der Waals surface area (Å²) >= 11 is 0. The fraction of sp³-hybridized carbons (Fsp3) is 0.800. The molecule has 1 atom stereocenters. The fourth-order valence-electron chi connectivity index (χ4n) is 2.82. The van der Waals surface area contributed by atoms with E-state index in [2.05, 4.69) is 19.1 Å². The van der Waals surface area contributed by atoms with Crippen molar-refractivity contribution in [2.75, 3.05) is 0 Å². The lowest BCUT2D eigenvalue weighted by molar-refractivity contribution is -0.143. The molecule has 0 saturated heterocycles. The minimum atomic E-state index is -0.857. The molecule has 0 amide bonds. The van der Waals surface area contributed by atoms with Crippen molar-refractivity contribution >= 4 is 11.9 Å². The van der Waals surface area contributed by atoms with Crippen LogP contribution >= 0.6 is 0 Å². The van der Waals surface area contributed by atoms with Crippen LogP contribution in [0.1, 0.15) is 96.8 Å². The van der Waals surface area contributed by atoms with Gasteiger partial charge in [0, 0.05) is 6.42 Å². The van der Waals surface area contributed by atoms with E-state index >= 15 is 0 Å². The maximum Gasteiger partial charge on any atom is 0.306 e. The molecule has 0 radical (unpaired) electrons. The van der Waals surface area contributed by atoms with Gasteiger partial charge in [-0.25, -0.2) is 0 Å². The molecule has 1 unspecified atom stereocenters. The van der Waals surface area contributed by atoms with Gasteiger partial charge in [-0.2, -0.15) is 0 Å². The summed E-state index contributed by atoms with van der Waals surface area (Å²) < 4.78 is 0. The molecule has 0 aromatic heterocycles. The maximum atomic E-state index is 11.1. The minimum absolute atomic E-state index is 0.0536. The molecule has 0 aliphatic rings. The molecule has 0 heterocycles. The molecule has 24 heavy (non-hydrogen) atoms. The highest BCUT2D eigenvalue weighted by Gasteiger charge is 2.16. The number of hydrogen-bond donors (Lipinski definition) is 2. The van der Waals surface area contributed by atoms with Crippen LogP contribution in [0.25, 0.3) is 0 Å². The van der Waals surface area contributed by atoms with Gasteiger partial charge in [-0.15, -0.1) is 0 Å². The average molecular weight is 341 g/mol. The van der Waals surface area contributed by atoms with Crippen LogP contribution in [0.2, 0.25) is 0 Å². The van der Waals surface area contributed by atoms with Gasteiger partial charge in [-0.05, 0) is 38.5 Å². The zero-order valence-corrected chi connectivity index (χ0v) is 15.3. The molecule has 0 saturated carbocycles. The van der Waals surface area contributed by atoms with Crippen molar-refractivity contribution in [2.24, 2.45) is 5.92 Å². The predicted octanol–water partition coefficient (Wildman–Crippen LogP) is 5.81. The van der Waals surface area contributed by atoms with Gasteiger partial charge in [-0.3, -0.25) is 9.59 Å². The van der Waals surface area contributed by atoms with Crippen LogP contribution in [0, 0.1) is 5.92 Å². The van der Waals surface area contributed by atoms with Crippen LogP contribution in [-0.2, 0) is 9.59 Å². The molecule has 0 aliphatic heterocycles. The van der Waals surface area contributed by atoms with Gasteiger partial charge in [0.2, 0.25) is 0 Å². The van der Waals surface area contributed by atoms with Crippen molar-refractivity contribution < 1.29 is 19.8 Å². The molecule has 0 fully saturated rings. The molecular formula is C20H36O4. The third-order valence-corrected chi connectivity index (χ3v) is 4.37. The molecule has 0 aliphatic carbocycles. The van der Waals surface area contributed by atoms with Crippen LogP contribution in [-0.4, -0.2) is 22.2 Å². The molecule has 0 bridgehead atoms. The largest absolute Gasteiger partial charge is 0.481 e.